The summed E-state index contributed by atoms with van der Waals surface area (Å²) in [5.74, 6) is 0.913. The monoisotopic (exact) mass is 266 g/mol. The number of hydrogen-bond acceptors (Lipinski definition) is 2. The van der Waals surface area contributed by atoms with E-state index >= 15 is 0 Å². The Labute approximate surface area is 120 Å². The minimum atomic E-state index is 0.644. The molecule has 2 nitrogen and oxygen atoms in total. The van der Waals surface area contributed by atoms with Gasteiger partial charge in [-0.15, -0.1) is 0 Å². The average molecular weight is 266 g/mol. The summed E-state index contributed by atoms with van der Waals surface area (Å²) in [6, 6.07) is 0.804. The van der Waals surface area contributed by atoms with E-state index in [9.17, 15) is 0 Å². The summed E-state index contributed by atoms with van der Waals surface area (Å²) >= 11 is 0. The molecular formula is C17H34N2. The molecule has 0 radical (unpaired) electrons. The first kappa shape index (κ1) is 15.3. The lowest BCUT2D eigenvalue weighted by atomic mass is 9.82. The lowest BCUT2D eigenvalue weighted by Crippen LogP contribution is -2.39. The number of likely N-dealkylation sites (tertiary alicyclic amines) is 1. The molecule has 1 N–H and O–H groups in total. The molecular weight excluding hydrogens is 232 g/mol. The predicted molar refractivity (Wildman–Crippen MR) is 83.5 cm³/mol. The van der Waals surface area contributed by atoms with Crippen LogP contribution in [0.25, 0.3) is 0 Å². The van der Waals surface area contributed by atoms with Crippen LogP contribution in [0.5, 0.6) is 0 Å². The molecule has 2 aliphatic rings. The Morgan fingerprint density at radius 2 is 1.95 bits per heavy atom. The van der Waals surface area contributed by atoms with Gasteiger partial charge in [0.15, 0.2) is 0 Å². The molecule has 2 unspecified atom stereocenters. The Kier molecular flexibility index (Phi) is 5.70. The minimum Gasteiger partial charge on any atom is -0.314 e. The van der Waals surface area contributed by atoms with Gasteiger partial charge in [-0.1, -0.05) is 27.2 Å². The van der Waals surface area contributed by atoms with Crippen molar-refractivity contribution in [3.8, 4) is 0 Å². The van der Waals surface area contributed by atoms with Gasteiger partial charge in [-0.2, -0.15) is 0 Å². The first-order chi connectivity index (χ1) is 9.23. The van der Waals surface area contributed by atoms with Crippen LogP contribution in [0.4, 0.5) is 0 Å². The van der Waals surface area contributed by atoms with Crippen LogP contribution in [0.2, 0.25) is 0 Å². The van der Waals surface area contributed by atoms with Crippen LogP contribution < -0.4 is 5.32 Å². The summed E-state index contributed by atoms with van der Waals surface area (Å²) in [5.41, 5.74) is 0.644. The molecule has 19 heavy (non-hydrogen) atoms. The zero-order valence-electron chi connectivity index (χ0n) is 13.4. The number of rotatable bonds is 7. The average Bonchev–Trinajstić information content (AvgIpc) is 3.04. The summed E-state index contributed by atoms with van der Waals surface area (Å²) in [4.78, 5) is 2.77. The highest BCUT2D eigenvalue weighted by Crippen LogP contribution is 2.38. The Hall–Kier alpha value is -0.0800. The minimum absolute atomic E-state index is 0.644. The number of nitrogens with zero attached hydrogens (tertiary/aromatic N) is 1. The van der Waals surface area contributed by atoms with E-state index in [0.717, 1.165) is 12.0 Å². The van der Waals surface area contributed by atoms with Crippen LogP contribution in [-0.2, 0) is 0 Å². The Morgan fingerprint density at radius 3 is 2.58 bits per heavy atom. The third kappa shape index (κ3) is 3.72. The molecule has 1 aliphatic carbocycles. The van der Waals surface area contributed by atoms with Crippen molar-refractivity contribution in [2.45, 2.75) is 71.8 Å². The SMILES string of the molecule is CCCNC1CCCC1CN1CCC(CC)(CC)C1. The van der Waals surface area contributed by atoms with Crippen LogP contribution >= 0.6 is 0 Å². The van der Waals surface area contributed by atoms with Gasteiger partial charge in [0.1, 0.15) is 0 Å². The molecule has 0 aromatic rings. The molecule has 2 heteroatoms. The van der Waals surface area contributed by atoms with E-state index in [-0.39, 0.29) is 0 Å². The second-order valence-corrected chi connectivity index (χ2v) is 6.94. The van der Waals surface area contributed by atoms with Gasteiger partial charge < -0.3 is 10.2 Å². The van der Waals surface area contributed by atoms with Crippen LogP contribution in [0.15, 0.2) is 0 Å². The molecule has 112 valence electrons. The van der Waals surface area contributed by atoms with Crippen molar-refractivity contribution in [2.24, 2.45) is 11.3 Å². The highest BCUT2D eigenvalue weighted by Gasteiger charge is 2.37. The Bertz CT molecular complexity index is 260. The molecule has 0 aromatic carbocycles. The number of nitrogens with one attached hydrogen (secondary N) is 1. The van der Waals surface area contributed by atoms with Crippen LogP contribution in [0, 0.1) is 11.3 Å². The van der Waals surface area contributed by atoms with Gasteiger partial charge in [0.25, 0.3) is 0 Å². The molecule has 1 saturated heterocycles. The lowest BCUT2D eigenvalue weighted by Gasteiger charge is -2.29. The van der Waals surface area contributed by atoms with Gasteiger partial charge in [-0.25, -0.2) is 0 Å². The van der Waals surface area contributed by atoms with Crippen LogP contribution in [0.3, 0.4) is 0 Å². The van der Waals surface area contributed by atoms with Crippen molar-refractivity contribution >= 4 is 0 Å². The van der Waals surface area contributed by atoms with Gasteiger partial charge in [-0.05, 0) is 62.9 Å². The quantitative estimate of drug-likeness (QED) is 0.756. The van der Waals surface area contributed by atoms with E-state index in [1.807, 2.05) is 0 Å². The van der Waals surface area contributed by atoms with Gasteiger partial charge in [-0.3, -0.25) is 0 Å². The second-order valence-electron chi connectivity index (χ2n) is 6.94. The van der Waals surface area contributed by atoms with Gasteiger partial charge in [0.2, 0.25) is 0 Å². The van der Waals surface area contributed by atoms with E-state index in [1.54, 1.807) is 0 Å². The van der Waals surface area contributed by atoms with Gasteiger partial charge >= 0.3 is 0 Å². The first-order valence-electron chi connectivity index (χ1n) is 8.68. The second kappa shape index (κ2) is 7.08. The highest BCUT2D eigenvalue weighted by molar-refractivity contribution is 4.91. The smallest absolute Gasteiger partial charge is 0.0107 e. The fourth-order valence-electron chi connectivity index (χ4n) is 4.20. The molecule has 1 saturated carbocycles. The first-order valence-corrected chi connectivity index (χ1v) is 8.68. The topological polar surface area (TPSA) is 15.3 Å². The zero-order valence-corrected chi connectivity index (χ0v) is 13.4. The zero-order chi connectivity index (χ0) is 13.7. The largest absolute Gasteiger partial charge is 0.314 e. The van der Waals surface area contributed by atoms with Crippen LogP contribution in [-0.4, -0.2) is 37.1 Å². The van der Waals surface area contributed by atoms with Crippen molar-refractivity contribution in [1.82, 2.24) is 10.2 Å². The molecule has 0 amide bonds. The summed E-state index contributed by atoms with van der Waals surface area (Å²) in [6.45, 7) is 12.3. The summed E-state index contributed by atoms with van der Waals surface area (Å²) in [6.07, 6.45) is 9.72. The summed E-state index contributed by atoms with van der Waals surface area (Å²) in [5, 5.41) is 3.78. The molecule has 0 aromatic heterocycles. The maximum Gasteiger partial charge on any atom is 0.0107 e. The normalized spacial score (nSPS) is 31.1. The van der Waals surface area contributed by atoms with E-state index in [2.05, 4.69) is 31.0 Å². The van der Waals surface area contributed by atoms with Crippen molar-refractivity contribution in [3.05, 3.63) is 0 Å². The van der Waals surface area contributed by atoms with Crippen LogP contribution in [0.1, 0.15) is 65.7 Å². The van der Waals surface area contributed by atoms with Crippen molar-refractivity contribution in [1.29, 1.82) is 0 Å². The Morgan fingerprint density at radius 1 is 1.16 bits per heavy atom. The van der Waals surface area contributed by atoms with E-state index in [4.69, 9.17) is 0 Å². The molecule has 1 aliphatic heterocycles. The summed E-state index contributed by atoms with van der Waals surface area (Å²) < 4.78 is 0. The third-order valence-electron chi connectivity index (χ3n) is 5.83. The fourth-order valence-corrected chi connectivity index (χ4v) is 4.20. The molecule has 2 rings (SSSR count). The highest BCUT2D eigenvalue weighted by atomic mass is 15.2. The predicted octanol–water partition coefficient (Wildman–Crippen LogP) is 3.67. The fraction of sp³-hybridized carbons (Fsp3) is 1.00. The maximum absolute atomic E-state index is 3.78. The molecule has 1 heterocycles. The summed E-state index contributed by atoms with van der Waals surface area (Å²) in [7, 11) is 0. The molecule has 2 fully saturated rings. The standard InChI is InChI=1S/C17H34N2/c1-4-11-18-16-9-7-8-15(16)13-19-12-10-17(5-2,6-3)14-19/h15-16,18H,4-14H2,1-3H3. The molecule has 0 bridgehead atoms. The van der Waals surface area contributed by atoms with Crippen molar-refractivity contribution in [3.63, 3.8) is 0 Å². The maximum atomic E-state index is 3.78. The van der Waals surface area contributed by atoms with Gasteiger partial charge in [0, 0.05) is 19.1 Å². The molecule has 2 atom stereocenters. The lowest BCUT2D eigenvalue weighted by molar-refractivity contribution is 0.207. The van der Waals surface area contributed by atoms with E-state index in [1.165, 1.54) is 71.1 Å². The molecule has 0 spiro atoms. The van der Waals surface area contributed by atoms with Gasteiger partial charge in [0.05, 0.1) is 0 Å². The van der Waals surface area contributed by atoms with Crippen molar-refractivity contribution < 1.29 is 0 Å². The Balaban J connectivity index is 1.81. The van der Waals surface area contributed by atoms with Crippen molar-refractivity contribution in [2.75, 3.05) is 26.2 Å². The van der Waals surface area contributed by atoms with E-state index < -0.39 is 0 Å². The number of hydrogen-bond donors (Lipinski definition) is 1. The third-order valence-corrected chi connectivity index (χ3v) is 5.83. The van der Waals surface area contributed by atoms with E-state index in [0.29, 0.717) is 5.41 Å².